The Kier molecular flexibility index (Phi) is 8.66. The molecule has 4 aliphatic rings. The molecule has 0 aromatic heterocycles. The van der Waals surface area contributed by atoms with Crippen molar-refractivity contribution in [1.29, 1.82) is 0 Å². The van der Waals surface area contributed by atoms with E-state index in [1.807, 2.05) is 24.3 Å². The maximum Gasteiger partial charge on any atom is 0.224 e. The molecule has 3 fully saturated rings. The van der Waals surface area contributed by atoms with Crippen LogP contribution in [-0.2, 0) is 35.1 Å². The first-order chi connectivity index (χ1) is 19.6. The predicted molar refractivity (Wildman–Crippen MR) is 151 cm³/mol. The van der Waals surface area contributed by atoms with Gasteiger partial charge in [-0.15, -0.1) is 0 Å². The number of carbonyl (C=O) groups is 4. The summed E-state index contributed by atoms with van der Waals surface area (Å²) in [4.78, 5) is 53.2. The number of rotatable bonds is 14. The molecule has 2 aliphatic heterocycles. The largest absolute Gasteiger partial charge is 0.497 e. The minimum Gasteiger partial charge on any atom is -0.497 e. The highest BCUT2D eigenvalue weighted by molar-refractivity contribution is 5.98. The third-order valence-electron chi connectivity index (χ3n) is 9.18. The number of methoxy groups -OCH3 is 1. The third kappa shape index (κ3) is 6.89. The summed E-state index contributed by atoms with van der Waals surface area (Å²) in [6.45, 7) is 5.19. The second kappa shape index (κ2) is 12.1. The first-order valence-corrected chi connectivity index (χ1v) is 14.8. The van der Waals surface area contributed by atoms with Crippen molar-refractivity contribution in [1.82, 2.24) is 10.6 Å². The van der Waals surface area contributed by atoms with Gasteiger partial charge >= 0.3 is 0 Å². The number of nitrogens with one attached hydrogen (secondary N) is 2. The van der Waals surface area contributed by atoms with E-state index >= 15 is 0 Å². The van der Waals surface area contributed by atoms with Gasteiger partial charge in [0.2, 0.25) is 11.8 Å². The summed E-state index contributed by atoms with van der Waals surface area (Å²) in [6, 6.07) is 5.94. The Morgan fingerprint density at radius 3 is 2.32 bits per heavy atom. The molecule has 41 heavy (non-hydrogen) atoms. The number of hydrogen-bond donors (Lipinski definition) is 2. The Bertz CT molecular complexity index is 1190. The number of benzene rings is 1. The molecule has 0 radical (unpaired) electrons. The molecule has 1 saturated carbocycles. The summed E-state index contributed by atoms with van der Waals surface area (Å²) in [6.07, 6.45) is 7.37. The maximum absolute atomic E-state index is 13.8. The van der Waals surface area contributed by atoms with Gasteiger partial charge in [0.25, 0.3) is 0 Å². The fourth-order valence-electron chi connectivity index (χ4n) is 6.24. The molecule has 2 aliphatic carbocycles. The highest BCUT2D eigenvalue weighted by atomic mass is 16.6. The number of carbonyl (C=O) groups excluding carboxylic acids is 4. The molecule has 1 aromatic rings. The van der Waals surface area contributed by atoms with E-state index in [1.54, 1.807) is 21.0 Å². The van der Waals surface area contributed by atoms with Crippen LogP contribution in [-0.4, -0.2) is 68.0 Å². The van der Waals surface area contributed by atoms with Crippen LogP contribution in [0.1, 0.15) is 64.4 Å². The van der Waals surface area contributed by atoms with Gasteiger partial charge < -0.3 is 24.8 Å². The molecule has 2 saturated heterocycles. The van der Waals surface area contributed by atoms with Gasteiger partial charge in [-0.05, 0) is 76.5 Å². The molecule has 4 atom stereocenters. The summed E-state index contributed by atoms with van der Waals surface area (Å²) in [5.74, 6) is -0.935. The Balaban J connectivity index is 1.26. The van der Waals surface area contributed by atoms with Gasteiger partial charge in [0.1, 0.15) is 11.4 Å². The Morgan fingerprint density at radius 1 is 1.05 bits per heavy atom. The molecule has 5 rings (SSSR count). The molecule has 2 amide bonds. The van der Waals surface area contributed by atoms with Crippen molar-refractivity contribution < 1.29 is 33.4 Å². The van der Waals surface area contributed by atoms with E-state index in [9.17, 15) is 19.2 Å². The van der Waals surface area contributed by atoms with E-state index in [2.05, 4.69) is 16.7 Å². The van der Waals surface area contributed by atoms with Crippen molar-refractivity contribution in [3.63, 3.8) is 0 Å². The summed E-state index contributed by atoms with van der Waals surface area (Å²) >= 11 is 0. The smallest absolute Gasteiger partial charge is 0.224 e. The van der Waals surface area contributed by atoms with Crippen molar-refractivity contribution in [2.24, 2.45) is 17.3 Å². The van der Waals surface area contributed by atoms with Gasteiger partial charge in [-0.25, -0.2) is 0 Å². The van der Waals surface area contributed by atoms with Crippen LogP contribution in [0.2, 0.25) is 0 Å². The van der Waals surface area contributed by atoms with Crippen molar-refractivity contribution in [3.05, 3.63) is 41.5 Å². The molecule has 9 nitrogen and oxygen atoms in total. The third-order valence-corrected chi connectivity index (χ3v) is 9.18. The molecule has 9 heteroatoms. The molecule has 0 unspecified atom stereocenters. The van der Waals surface area contributed by atoms with E-state index in [-0.39, 0.29) is 41.1 Å². The van der Waals surface area contributed by atoms with Crippen molar-refractivity contribution in [2.75, 3.05) is 26.9 Å². The van der Waals surface area contributed by atoms with Gasteiger partial charge in [0, 0.05) is 23.7 Å². The van der Waals surface area contributed by atoms with Crippen LogP contribution in [0.5, 0.6) is 5.75 Å². The monoisotopic (exact) mass is 566 g/mol. The quantitative estimate of drug-likeness (QED) is 0.262. The lowest BCUT2D eigenvalue weighted by Crippen LogP contribution is -2.57. The summed E-state index contributed by atoms with van der Waals surface area (Å²) < 4.78 is 16.0. The molecule has 0 bridgehead atoms. The number of epoxide rings is 1. The Labute approximate surface area is 241 Å². The zero-order chi connectivity index (χ0) is 29.2. The van der Waals surface area contributed by atoms with Crippen LogP contribution in [0.15, 0.2) is 35.9 Å². The number of ketones is 2. The average molecular weight is 567 g/mol. The van der Waals surface area contributed by atoms with Crippen molar-refractivity contribution in [2.45, 2.75) is 82.9 Å². The first-order valence-electron chi connectivity index (χ1n) is 14.8. The fourth-order valence-corrected chi connectivity index (χ4v) is 6.24. The van der Waals surface area contributed by atoms with E-state index in [1.165, 1.54) is 5.57 Å². The van der Waals surface area contributed by atoms with Crippen molar-refractivity contribution >= 4 is 23.4 Å². The van der Waals surface area contributed by atoms with Gasteiger partial charge in [-0.3, -0.25) is 19.2 Å². The molecule has 2 heterocycles. The Morgan fingerprint density at radius 2 is 1.76 bits per heavy atom. The van der Waals surface area contributed by atoms with Crippen LogP contribution in [0, 0.1) is 17.3 Å². The number of Topliss-reactive ketones (excluding diaryl/α,β-unsaturated/α-hetero) is 2. The number of ether oxygens (including phenoxy) is 3. The lowest BCUT2D eigenvalue weighted by molar-refractivity contribution is -0.184. The molecular weight excluding hydrogens is 524 g/mol. The predicted octanol–water partition coefficient (Wildman–Crippen LogP) is 3.09. The minimum atomic E-state index is -0.872. The maximum atomic E-state index is 13.8. The van der Waals surface area contributed by atoms with E-state index < -0.39 is 23.6 Å². The average Bonchev–Trinajstić information content (AvgIpc) is 3.44. The minimum absolute atomic E-state index is 0.0564. The Hall–Kier alpha value is -3.04. The lowest BCUT2D eigenvalue weighted by Gasteiger charge is -2.52. The second-order valence-electron chi connectivity index (χ2n) is 12.7. The van der Waals surface area contributed by atoms with Crippen LogP contribution in [0.4, 0.5) is 0 Å². The molecular formula is C32H42N2O7. The number of allylic oxidation sites excluding steroid dienone is 1. The SMILES string of the molecule is COc1ccc(C[C@H](CC(=O)[C@@H](C)NC(=O)C2CC3(COC3)C2)C(=O)N[C@@H](CC2=CCCC2)C(=O)[C@@]2(C)CO2)cc1. The van der Waals surface area contributed by atoms with Crippen molar-refractivity contribution in [3.8, 4) is 5.75 Å². The van der Waals surface area contributed by atoms with Gasteiger partial charge in [0.05, 0.1) is 39.0 Å². The van der Waals surface area contributed by atoms with E-state index in [0.29, 0.717) is 38.4 Å². The van der Waals surface area contributed by atoms with Gasteiger partial charge in [-0.1, -0.05) is 23.8 Å². The van der Waals surface area contributed by atoms with Crippen LogP contribution < -0.4 is 15.4 Å². The van der Waals surface area contributed by atoms with Crippen LogP contribution in [0.25, 0.3) is 0 Å². The summed E-state index contributed by atoms with van der Waals surface area (Å²) in [5.41, 5.74) is 1.32. The molecule has 222 valence electrons. The highest BCUT2D eigenvalue weighted by Crippen LogP contribution is 2.50. The summed E-state index contributed by atoms with van der Waals surface area (Å²) in [5, 5.41) is 5.86. The highest BCUT2D eigenvalue weighted by Gasteiger charge is 2.52. The van der Waals surface area contributed by atoms with Gasteiger partial charge in [0.15, 0.2) is 11.6 Å². The van der Waals surface area contributed by atoms with Gasteiger partial charge in [-0.2, -0.15) is 0 Å². The fraction of sp³-hybridized carbons (Fsp3) is 0.625. The van der Waals surface area contributed by atoms with Crippen LogP contribution >= 0.6 is 0 Å². The second-order valence-corrected chi connectivity index (χ2v) is 12.7. The zero-order valence-electron chi connectivity index (χ0n) is 24.3. The standard InChI is InChI=1S/C32H42N2O7/c1-20(33-30(38)24-15-32(16-24)18-40-19-32)27(35)14-23(12-22-8-10-25(39-3)11-9-22)29(37)34-26(13-21-6-4-5-7-21)28(36)31(2)17-41-31/h6,8-11,20,23-24,26H,4-5,7,12-19H2,1-3H3,(H,33,38)(H,34,37)/t20-,23-,26+,31-/m1/s1. The molecule has 2 N–H and O–H groups in total. The van der Waals surface area contributed by atoms with E-state index in [0.717, 1.165) is 37.7 Å². The summed E-state index contributed by atoms with van der Waals surface area (Å²) in [7, 11) is 1.59. The van der Waals surface area contributed by atoms with Crippen LogP contribution in [0.3, 0.4) is 0 Å². The molecule has 1 aromatic carbocycles. The lowest BCUT2D eigenvalue weighted by atomic mass is 9.60. The molecule has 1 spiro atoms. The van der Waals surface area contributed by atoms with E-state index in [4.69, 9.17) is 14.2 Å². The first kappa shape index (κ1) is 29.5. The number of amides is 2. The topological polar surface area (TPSA) is 123 Å². The zero-order valence-corrected chi connectivity index (χ0v) is 24.3. The number of hydrogen-bond acceptors (Lipinski definition) is 7. The normalized spacial score (nSPS) is 24.7.